The molecule has 0 aliphatic carbocycles. The Hall–Kier alpha value is -6.34. The van der Waals surface area contributed by atoms with Gasteiger partial charge in [-0.3, -0.25) is 0 Å². The summed E-state index contributed by atoms with van der Waals surface area (Å²) >= 11 is 3.52. The number of rotatable bonds is 5. The van der Waals surface area contributed by atoms with Gasteiger partial charge in [0.1, 0.15) is 0 Å². The molecule has 0 saturated heterocycles. The van der Waals surface area contributed by atoms with Crippen LogP contribution < -0.4 is 0 Å². The number of aromatic amines is 2. The molecule has 6 heteroatoms. The molecule has 0 spiro atoms. The summed E-state index contributed by atoms with van der Waals surface area (Å²) in [5.41, 5.74) is 23.7. The lowest BCUT2D eigenvalue weighted by Gasteiger charge is -2.26. The summed E-state index contributed by atoms with van der Waals surface area (Å²) in [6, 6.07) is 39.6. The lowest BCUT2D eigenvalue weighted by Crippen LogP contribution is -2.16. The van der Waals surface area contributed by atoms with Gasteiger partial charge in [0.05, 0.1) is 22.8 Å². The van der Waals surface area contributed by atoms with Crippen molar-refractivity contribution in [2.45, 2.75) is 157 Å². The highest BCUT2D eigenvalue weighted by molar-refractivity contribution is 7.13. The molecule has 7 heterocycles. The van der Waals surface area contributed by atoms with Crippen molar-refractivity contribution in [3.05, 3.63) is 175 Å². The fraction of sp³-hybridized carbons (Fsp3) is 0.343. The highest BCUT2D eigenvalue weighted by atomic mass is 32.1. The van der Waals surface area contributed by atoms with E-state index in [1.54, 1.807) is 22.7 Å². The summed E-state index contributed by atoms with van der Waals surface area (Å²) in [6.07, 6.45) is 6.85. The Bertz CT molecular complexity index is 3690. The predicted molar refractivity (Wildman–Crippen MR) is 333 cm³/mol. The van der Waals surface area contributed by atoms with Crippen molar-refractivity contribution < 1.29 is 0 Å². The van der Waals surface area contributed by atoms with E-state index >= 15 is 0 Å². The summed E-state index contributed by atoms with van der Waals surface area (Å²) in [5.74, 6) is 0. The topological polar surface area (TPSA) is 57.4 Å². The Balaban J connectivity index is 1.46. The molecule has 390 valence electrons. The normalized spacial score (nSPS) is 13.7. The van der Waals surface area contributed by atoms with Crippen LogP contribution >= 0.6 is 22.7 Å². The molecule has 3 aromatic carbocycles. The number of benzene rings is 3. The zero-order chi connectivity index (χ0) is 54.7. The number of nitrogens with one attached hydrogen (secondary N) is 2. The molecule has 2 N–H and O–H groups in total. The molecule has 0 amide bonds. The first-order valence-corrected chi connectivity index (χ1v) is 28.9. The van der Waals surface area contributed by atoms with Gasteiger partial charge in [0.2, 0.25) is 0 Å². The lowest BCUT2D eigenvalue weighted by atomic mass is 9.78. The molecule has 10 rings (SSSR count). The van der Waals surface area contributed by atoms with E-state index in [1.165, 1.54) is 38.3 Å². The molecular formula is C70H78N4S2. The van der Waals surface area contributed by atoms with Gasteiger partial charge < -0.3 is 9.97 Å². The monoisotopic (exact) mass is 1040 g/mol. The average molecular weight is 1040 g/mol. The number of hydrogen-bond donors (Lipinski definition) is 2. The van der Waals surface area contributed by atoms with E-state index in [9.17, 15) is 0 Å². The van der Waals surface area contributed by atoms with Gasteiger partial charge in [-0.15, -0.1) is 22.7 Å². The number of fused-ring (bicyclic) bond motifs is 8. The van der Waals surface area contributed by atoms with E-state index in [1.807, 2.05) is 0 Å². The SMILES string of the molecule is CC(C)(C)c1cc(-c2c3nc(c(-c4cc(C(C)(C)C)cc(C(C)(C)C)c4)c4ccc([nH]4)c(-c4cccs4)c4nc(c(-c5cc(C(C)(C)C)cc(C(C)(C)C)c5)c5ccc2[nH]5)C=C4c2cccs2)C=C3)cc(C(C)(C)C)c1. The first-order chi connectivity index (χ1) is 35.4. The second kappa shape index (κ2) is 18.7. The van der Waals surface area contributed by atoms with E-state index in [0.29, 0.717) is 0 Å². The van der Waals surface area contributed by atoms with Crippen LogP contribution in [-0.2, 0) is 32.5 Å². The van der Waals surface area contributed by atoms with Crippen molar-refractivity contribution in [1.29, 1.82) is 0 Å². The highest BCUT2D eigenvalue weighted by Gasteiger charge is 2.29. The predicted octanol–water partition coefficient (Wildman–Crippen LogP) is 20.7. The van der Waals surface area contributed by atoms with Crippen LogP contribution in [0, 0.1) is 0 Å². The minimum Gasteiger partial charge on any atom is -0.354 e. The maximum atomic E-state index is 5.94. The van der Waals surface area contributed by atoms with Crippen LogP contribution in [0.1, 0.15) is 186 Å². The molecule has 0 unspecified atom stereocenters. The largest absolute Gasteiger partial charge is 0.354 e. The summed E-state index contributed by atoms with van der Waals surface area (Å²) in [4.78, 5) is 22.3. The Morgan fingerprint density at radius 2 is 0.658 bits per heavy atom. The van der Waals surface area contributed by atoms with Crippen LogP contribution in [0.15, 0.2) is 114 Å². The molecule has 4 nitrogen and oxygen atoms in total. The smallest absolute Gasteiger partial charge is 0.0831 e. The van der Waals surface area contributed by atoms with Crippen molar-refractivity contribution in [1.82, 2.24) is 19.9 Å². The van der Waals surface area contributed by atoms with Crippen molar-refractivity contribution in [3.8, 4) is 43.8 Å². The third-order valence-electron chi connectivity index (χ3n) is 15.3. The van der Waals surface area contributed by atoms with Crippen molar-refractivity contribution in [2.24, 2.45) is 0 Å². The fourth-order valence-electron chi connectivity index (χ4n) is 10.4. The summed E-state index contributed by atoms with van der Waals surface area (Å²) in [6.45, 7) is 41.8. The quantitative estimate of drug-likeness (QED) is 0.180. The van der Waals surface area contributed by atoms with Gasteiger partial charge in [0.25, 0.3) is 0 Å². The standard InChI is InChI=1S/C70H78N4S2/c1-65(2,3)44-31-41(32-45(37-44)66(4,5)6)60-51-23-24-52(71-51)61(42-33-46(67(7,8)9)38-47(34-42)68(10,11)12)54-27-28-56(73-54)63(59-22-20-30-76-59)64-50(58-21-19-29-75-58)40-57(74-64)62(55-26-25-53(60)72-55)43-35-48(69(13,14)15)39-49(36-43)70(16,17)18/h19-40,72-73H,1-18H3. The van der Waals surface area contributed by atoms with E-state index in [2.05, 4.69) is 267 Å². The number of H-pyrrole nitrogens is 2. The molecule has 8 bridgehead atoms. The molecule has 0 saturated carbocycles. The Morgan fingerprint density at radius 3 is 0.974 bits per heavy atom. The average Bonchev–Trinajstić information content (AvgIpc) is 4.19. The summed E-state index contributed by atoms with van der Waals surface area (Å²) in [7, 11) is 0. The van der Waals surface area contributed by atoms with Crippen molar-refractivity contribution >= 4 is 68.5 Å². The second-order valence-electron chi connectivity index (χ2n) is 27.5. The number of aromatic nitrogens is 4. The van der Waals surface area contributed by atoms with Gasteiger partial charge in [-0.1, -0.05) is 191 Å². The molecule has 2 aliphatic rings. The molecule has 0 atom stereocenters. The maximum absolute atomic E-state index is 5.94. The molecule has 0 radical (unpaired) electrons. The molecule has 2 aliphatic heterocycles. The summed E-state index contributed by atoms with van der Waals surface area (Å²) in [5, 5.41) is 4.36. The van der Waals surface area contributed by atoms with E-state index in [0.717, 1.165) is 94.2 Å². The Labute approximate surface area is 461 Å². The van der Waals surface area contributed by atoms with Crippen molar-refractivity contribution in [3.63, 3.8) is 0 Å². The summed E-state index contributed by atoms with van der Waals surface area (Å²) < 4.78 is 0. The maximum Gasteiger partial charge on any atom is 0.0831 e. The zero-order valence-corrected chi connectivity index (χ0v) is 50.0. The molecule has 76 heavy (non-hydrogen) atoms. The molecule has 8 aromatic rings. The first kappa shape index (κ1) is 53.1. The van der Waals surface area contributed by atoms with E-state index < -0.39 is 0 Å². The third-order valence-corrected chi connectivity index (χ3v) is 17.1. The third kappa shape index (κ3) is 10.3. The van der Waals surface area contributed by atoms with Gasteiger partial charge in [0.15, 0.2) is 0 Å². The van der Waals surface area contributed by atoms with E-state index in [-0.39, 0.29) is 32.5 Å². The van der Waals surface area contributed by atoms with Crippen LogP contribution in [0.2, 0.25) is 0 Å². The number of nitrogens with zero attached hydrogens (tertiary/aromatic N) is 2. The fourth-order valence-corrected chi connectivity index (χ4v) is 11.9. The first-order valence-electron chi connectivity index (χ1n) is 27.2. The van der Waals surface area contributed by atoms with Crippen LogP contribution in [0.5, 0.6) is 0 Å². The molecule has 5 aromatic heterocycles. The number of thiophene rings is 2. The highest BCUT2D eigenvalue weighted by Crippen LogP contribution is 2.46. The minimum absolute atomic E-state index is 0.0901. The minimum atomic E-state index is -0.100. The van der Waals surface area contributed by atoms with Gasteiger partial charge in [0, 0.05) is 59.6 Å². The molecular weight excluding hydrogens is 961 g/mol. The Kier molecular flexibility index (Phi) is 13.1. The number of hydrogen-bond acceptors (Lipinski definition) is 4. The van der Waals surface area contributed by atoms with Gasteiger partial charge >= 0.3 is 0 Å². The lowest BCUT2D eigenvalue weighted by molar-refractivity contribution is 0.568. The second-order valence-corrected chi connectivity index (χ2v) is 29.4. The van der Waals surface area contributed by atoms with E-state index in [4.69, 9.17) is 9.97 Å². The Morgan fingerprint density at radius 1 is 0.342 bits per heavy atom. The van der Waals surface area contributed by atoms with Crippen LogP contribution in [0.25, 0.3) is 89.7 Å². The van der Waals surface area contributed by atoms with Gasteiger partial charge in [-0.2, -0.15) is 0 Å². The van der Waals surface area contributed by atoms with Gasteiger partial charge in [-0.05, 0) is 148 Å². The van der Waals surface area contributed by atoms with Gasteiger partial charge in [-0.25, -0.2) is 9.97 Å². The molecule has 0 fully saturated rings. The van der Waals surface area contributed by atoms with Crippen LogP contribution in [0.3, 0.4) is 0 Å². The van der Waals surface area contributed by atoms with Crippen LogP contribution in [-0.4, -0.2) is 19.9 Å². The van der Waals surface area contributed by atoms with Crippen molar-refractivity contribution in [2.75, 3.05) is 0 Å². The van der Waals surface area contributed by atoms with Crippen LogP contribution in [0.4, 0.5) is 0 Å². The zero-order valence-electron chi connectivity index (χ0n) is 48.4.